The number of nitrogens with zero attached hydrogens (tertiary/aromatic N) is 3. The molecule has 0 spiro atoms. The number of hydrogen-bond acceptors (Lipinski definition) is 5. The average Bonchev–Trinajstić information content (AvgIpc) is 3.24. The minimum absolute atomic E-state index is 0.422. The number of anilines is 1. The van der Waals surface area contributed by atoms with Gasteiger partial charge in [-0.3, -0.25) is 10.1 Å². The van der Waals surface area contributed by atoms with E-state index in [0.717, 1.165) is 64.8 Å². The summed E-state index contributed by atoms with van der Waals surface area (Å²) in [5, 5.41) is 13.8. The number of rotatable bonds is 3. The first-order valence-corrected chi connectivity index (χ1v) is 10.6. The van der Waals surface area contributed by atoms with Gasteiger partial charge in [0.25, 0.3) is 0 Å². The van der Waals surface area contributed by atoms with E-state index in [1.54, 1.807) is 18.5 Å². The molecule has 5 rings (SSSR count). The van der Waals surface area contributed by atoms with Gasteiger partial charge in [-0.25, -0.2) is 4.98 Å². The highest BCUT2D eigenvalue weighted by Crippen LogP contribution is 2.36. The van der Waals surface area contributed by atoms with Gasteiger partial charge in [-0.05, 0) is 55.6 Å². The standard InChI is InChI=1S/C22H20Cl2N6/c23-15-5-13-7-20(27-10-17(13)19(24)8-15)16-6-14(9-28-22(16)25)18-11-29-30-21(18)12-1-3-26-4-2-12/h5-12,26H,1-4H2,(H2,25,28)(H,29,30). The molecular weight excluding hydrogens is 419 g/mol. The van der Waals surface area contributed by atoms with Gasteiger partial charge in [0.2, 0.25) is 0 Å². The third-order valence-electron chi connectivity index (χ3n) is 5.67. The lowest BCUT2D eigenvalue weighted by molar-refractivity contribution is 0.453. The van der Waals surface area contributed by atoms with Crippen molar-refractivity contribution in [2.45, 2.75) is 18.8 Å². The molecule has 0 aliphatic carbocycles. The first-order valence-electron chi connectivity index (χ1n) is 9.85. The largest absolute Gasteiger partial charge is 0.383 e. The summed E-state index contributed by atoms with van der Waals surface area (Å²) in [5.74, 6) is 0.874. The van der Waals surface area contributed by atoms with E-state index in [2.05, 4.69) is 25.5 Å². The number of halogens is 2. The number of H-pyrrole nitrogens is 1. The molecule has 4 N–H and O–H groups in total. The Balaban J connectivity index is 1.58. The second-order valence-corrected chi connectivity index (χ2v) is 8.40. The van der Waals surface area contributed by atoms with Crippen molar-refractivity contribution >= 4 is 39.8 Å². The Morgan fingerprint density at radius 1 is 0.933 bits per heavy atom. The first kappa shape index (κ1) is 19.3. The van der Waals surface area contributed by atoms with Gasteiger partial charge in [0.1, 0.15) is 5.82 Å². The Morgan fingerprint density at radius 2 is 1.77 bits per heavy atom. The summed E-state index contributed by atoms with van der Waals surface area (Å²) in [6.07, 6.45) is 7.56. The number of nitrogens with two attached hydrogens (primary N) is 1. The quantitative estimate of drug-likeness (QED) is 0.416. The molecule has 152 valence electrons. The van der Waals surface area contributed by atoms with Crippen LogP contribution in [0.3, 0.4) is 0 Å². The maximum absolute atomic E-state index is 6.30. The molecule has 1 saturated heterocycles. The zero-order chi connectivity index (χ0) is 20.7. The summed E-state index contributed by atoms with van der Waals surface area (Å²) in [4.78, 5) is 9.03. The topological polar surface area (TPSA) is 92.5 Å². The predicted molar refractivity (Wildman–Crippen MR) is 122 cm³/mol. The smallest absolute Gasteiger partial charge is 0.132 e. The van der Waals surface area contributed by atoms with Crippen molar-refractivity contribution in [1.82, 2.24) is 25.5 Å². The van der Waals surface area contributed by atoms with Crippen LogP contribution in [0.4, 0.5) is 5.82 Å². The molecular formula is C22H20Cl2N6. The fourth-order valence-corrected chi connectivity index (χ4v) is 4.66. The van der Waals surface area contributed by atoms with Crippen molar-refractivity contribution in [2.75, 3.05) is 18.8 Å². The number of pyridine rings is 2. The van der Waals surface area contributed by atoms with Crippen LogP contribution in [-0.2, 0) is 0 Å². The molecule has 6 nitrogen and oxygen atoms in total. The van der Waals surface area contributed by atoms with Crippen LogP contribution >= 0.6 is 23.2 Å². The van der Waals surface area contributed by atoms with E-state index in [1.165, 1.54) is 0 Å². The number of piperidine rings is 1. The molecule has 0 saturated carbocycles. The number of nitrogens with one attached hydrogen (secondary N) is 2. The summed E-state index contributed by atoms with van der Waals surface area (Å²) < 4.78 is 0. The zero-order valence-electron chi connectivity index (χ0n) is 16.1. The Hall–Kier alpha value is -2.67. The third-order valence-corrected chi connectivity index (χ3v) is 6.20. The van der Waals surface area contributed by atoms with Gasteiger partial charge < -0.3 is 11.1 Å². The SMILES string of the molecule is Nc1ncc(-c2cn[nH]c2C2CCNCC2)cc1-c1cc2cc(Cl)cc(Cl)c2cn1. The Kier molecular flexibility index (Phi) is 5.06. The van der Waals surface area contributed by atoms with Crippen molar-refractivity contribution in [1.29, 1.82) is 0 Å². The lowest BCUT2D eigenvalue weighted by Gasteiger charge is -2.22. The van der Waals surface area contributed by atoms with Gasteiger partial charge in [-0.15, -0.1) is 0 Å². The van der Waals surface area contributed by atoms with E-state index in [9.17, 15) is 0 Å². The second kappa shape index (κ2) is 7.87. The highest BCUT2D eigenvalue weighted by atomic mass is 35.5. The number of fused-ring (bicyclic) bond motifs is 1. The summed E-state index contributed by atoms with van der Waals surface area (Å²) in [6, 6.07) is 7.54. The molecule has 1 aromatic carbocycles. The number of hydrogen-bond donors (Lipinski definition) is 3. The van der Waals surface area contributed by atoms with E-state index in [-0.39, 0.29) is 0 Å². The van der Waals surface area contributed by atoms with Gasteiger partial charge >= 0.3 is 0 Å². The van der Waals surface area contributed by atoms with Crippen LogP contribution in [0, 0.1) is 0 Å². The summed E-state index contributed by atoms with van der Waals surface area (Å²) in [6.45, 7) is 2.03. The lowest BCUT2D eigenvalue weighted by Crippen LogP contribution is -2.27. The lowest BCUT2D eigenvalue weighted by atomic mass is 9.90. The molecule has 1 fully saturated rings. The first-order chi connectivity index (χ1) is 14.6. The average molecular weight is 439 g/mol. The molecule has 0 amide bonds. The molecule has 0 unspecified atom stereocenters. The molecule has 0 bridgehead atoms. The van der Waals surface area contributed by atoms with E-state index >= 15 is 0 Å². The minimum Gasteiger partial charge on any atom is -0.383 e. The Labute approximate surface area is 183 Å². The third kappa shape index (κ3) is 3.51. The van der Waals surface area contributed by atoms with Crippen molar-refractivity contribution in [2.24, 2.45) is 0 Å². The van der Waals surface area contributed by atoms with Crippen molar-refractivity contribution in [3.8, 4) is 22.4 Å². The summed E-state index contributed by atoms with van der Waals surface area (Å²) in [7, 11) is 0. The van der Waals surface area contributed by atoms with E-state index < -0.39 is 0 Å². The maximum Gasteiger partial charge on any atom is 0.132 e. The fourth-order valence-electron chi connectivity index (χ4n) is 4.10. The molecule has 4 aromatic rings. The number of aromatic nitrogens is 4. The van der Waals surface area contributed by atoms with Crippen LogP contribution in [-0.4, -0.2) is 33.3 Å². The summed E-state index contributed by atoms with van der Waals surface area (Å²) in [5.41, 5.74) is 10.9. The van der Waals surface area contributed by atoms with Crippen LogP contribution in [0.15, 0.2) is 42.9 Å². The molecule has 30 heavy (non-hydrogen) atoms. The van der Waals surface area contributed by atoms with Gasteiger partial charge in [0.05, 0.1) is 16.9 Å². The second-order valence-electron chi connectivity index (χ2n) is 7.56. The molecule has 4 heterocycles. The zero-order valence-corrected chi connectivity index (χ0v) is 17.6. The van der Waals surface area contributed by atoms with E-state index in [1.807, 2.05) is 24.4 Å². The van der Waals surface area contributed by atoms with Crippen LogP contribution in [0.25, 0.3) is 33.2 Å². The van der Waals surface area contributed by atoms with Crippen LogP contribution < -0.4 is 11.1 Å². The van der Waals surface area contributed by atoms with Gasteiger partial charge in [-0.2, -0.15) is 5.10 Å². The van der Waals surface area contributed by atoms with E-state index in [4.69, 9.17) is 28.9 Å². The van der Waals surface area contributed by atoms with Crippen LogP contribution in [0.2, 0.25) is 10.0 Å². The van der Waals surface area contributed by atoms with Gasteiger partial charge in [-0.1, -0.05) is 23.2 Å². The van der Waals surface area contributed by atoms with Crippen LogP contribution in [0.1, 0.15) is 24.5 Å². The predicted octanol–water partition coefficient (Wildman–Crippen LogP) is 5.04. The highest BCUT2D eigenvalue weighted by molar-refractivity contribution is 6.38. The van der Waals surface area contributed by atoms with Gasteiger partial charge in [0, 0.05) is 51.1 Å². The number of aromatic amines is 1. The molecule has 8 heteroatoms. The Bertz CT molecular complexity index is 1230. The highest BCUT2D eigenvalue weighted by Gasteiger charge is 2.21. The van der Waals surface area contributed by atoms with Crippen molar-refractivity contribution in [3.63, 3.8) is 0 Å². The fraction of sp³-hybridized carbons (Fsp3) is 0.227. The van der Waals surface area contributed by atoms with E-state index in [0.29, 0.717) is 21.8 Å². The summed E-state index contributed by atoms with van der Waals surface area (Å²) >= 11 is 12.5. The molecule has 1 aliphatic heterocycles. The van der Waals surface area contributed by atoms with Crippen molar-refractivity contribution < 1.29 is 0 Å². The Morgan fingerprint density at radius 3 is 2.60 bits per heavy atom. The maximum atomic E-state index is 6.30. The number of nitrogen functional groups attached to an aromatic ring is 1. The number of benzene rings is 1. The molecule has 0 atom stereocenters. The molecule has 0 radical (unpaired) electrons. The normalized spacial score (nSPS) is 15.0. The van der Waals surface area contributed by atoms with Gasteiger partial charge in [0.15, 0.2) is 0 Å². The monoisotopic (exact) mass is 438 g/mol. The van der Waals surface area contributed by atoms with Crippen molar-refractivity contribution in [3.05, 3.63) is 58.6 Å². The van der Waals surface area contributed by atoms with Crippen LogP contribution in [0.5, 0.6) is 0 Å². The molecule has 3 aromatic heterocycles. The molecule has 1 aliphatic rings. The minimum atomic E-state index is 0.422.